The number of rotatable bonds is 3. The smallest absolute Gasteiger partial charge is 0.299 e. The van der Waals surface area contributed by atoms with Gasteiger partial charge >= 0.3 is 6.18 Å². The Bertz CT molecular complexity index is 208. The minimum Gasteiger partial charge on any atom is -0.299 e. The van der Waals surface area contributed by atoms with Gasteiger partial charge in [0.15, 0.2) is 0 Å². The maximum atomic E-state index is 12.5. The lowest BCUT2D eigenvalue weighted by molar-refractivity contribution is -0.131. The first-order valence-electron chi connectivity index (χ1n) is 5.90. The Morgan fingerprint density at radius 1 is 1.31 bits per heavy atom. The first-order valence-corrected chi connectivity index (χ1v) is 6.81. The van der Waals surface area contributed by atoms with E-state index in [2.05, 4.69) is 22.9 Å². The van der Waals surface area contributed by atoms with E-state index in [1.165, 1.54) is 0 Å². The quantitative estimate of drug-likeness (QED) is 0.713. The molecule has 2 unspecified atom stereocenters. The minimum atomic E-state index is -4.13. The third kappa shape index (κ3) is 4.24. The molecule has 0 aromatic heterocycles. The molecule has 1 nitrogen and oxygen atoms in total. The Labute approximate surface area is 104 Å². The molecule has 5 heteroatoms. The molecule has 2 atom stereocenters. The van der Waals surface area contributed by atoms with Crippen LogP contribution in [0.2, 0.25) is 0 Å². The topological polar surface area (TPSA) is 3.24 Å². The lowest BCUT2D eigenvalue weighted by Gasteiger charge is -2.31. The van der Waals surface area contributed by atoms with Crippen molar-refractivity contribution in [2.75, 3.05) is 13.1 Å². The van der Waals surface area contributed by atoms with Crippen LogP contribution in [0.25, 0.3) is 0 Å². The molecule has 0 N–H and O–H groups in total. The van der Waals surface area contributed by atoms with Gasteiger partial charge in [0.1, 0.15) is 4.83 Å². The van der Waals surface area contributed by atoms with Gasteiger partial charge in [-0.1, -0.05) is 35.7 Å². The average molecular weight is 302 g/mol. The molecule has 1 rings (SSSR count). The maximum absolute atomic E-state index is 12.5. The molecule has 1 fully saturated rings. The number of hydrogen-bond acceptors (Lipinski definition) is 1. The molecule has 96 valence electrons. The second-order valence-electron chi connectivity index (χ2n) is 4.42. The van der Waals surface area contributed by atoms with Gasteiger partial charge in [-0.3, -0.25) is 4.90 Å². The normalized spacial score (nSPS) is 26.4. The third-order valence-corrected chi connectivity index (χ3v) is 4.03. The van der Waals surface area contributed by atoms with Crippen molar-refractivity contribution in [2.45, 2.75) is 56.1 Å². The fourth-order valence-electron chi connectivity index (χ4n) is 2.25. The van der Waals surface area contributed by atoms with Crippen LogP contribution >= 0.6 is 15.9 Å². The Morgan fingerprint density at radius 2 is 2.00 bits per heavy atom. The van der Waals surface area contributed by atoms with Gasteiger partial charge in [0.2, 0.25) is 0 Å². The predicted octanol–water partition coefficient (Wildman–Crippen LogP) is 3.97. The largest absolute Gasteiger partial charge is 0.402 e. The van der Waals surface area contributed by atoms with Crippen LogP contribution < -0.4 is 0 Å². The molecule has 0 aromatic rings. The lowest BCUT2D eigenvalue weighted by Crippen LogP contribution is -2.42. The van der Waals surface area contributed by atoms with Crippen molar-refractivity contribution in [3.05, 3.63) is 0 Å². The summed E-state index contributed by atoms with van der Waals surface area (Å²) in [5.41, 5.74) is 0. The summed E-state index contributed by atoms with van der Waals surface area (Å²) in [5, 5.41) is 0. The molecule has 0 aliphatic carbocycles. The van der Waals surface area contributed by atoms with Crippen LogP contribution in [0.3, 0.4) is 0 Å². The lowest BCUT2D eigenvalue weighted by atomic mass is 10.1. The van der Waals surface area contributed by atoms with Crippen LogP contribution in [-0.4, -0.2) is 35.0 Å². The molecule has 1 heterocycles. The summed E-state index contributed by atoms with van der Waals surface area (Å²) in [5.74, 6) is 0. The summed E-state index contributed by atoms with van der Waals surface area (Å²) >= 11 is 2.75. The fourth-order valence-corrected chi connectivity index (χ4v) is 2.62. The van der Waals surface area contributed by atoms with E-state index in [0.717, 1.165) is 38.6 Å². The standard InChI is InChI=1S/C11H19BrF3N/c1-2-9-6-4-3-5-7-16(9)8-10(12)11(13,14)15/h9-10H,2-8H2,1H3. The molecular formula is C11H19BrF3N. The van der Waals surface area contributed by atoms with Gasteiger partial charge in [0.25, 0.3) is 0 Å². The molecule has 0 radical (unpaired) electrons. The molecular weight excluding hydrogens is 283 g/mol. The highest BCUT2D eigenvalue weighted by Crippen LogP contribution is 2.29. The molecule has 0 saturated carbocycles. The summed E-state index contributed by atoms with van der Waals surface area (Å²) in [6.45, 7) is 2.94. The van der Waals surface area contributed by atoms with Crippen molar-refractivity contribution < 1.29 is 13.2 Å². The van der Waals surface area contributed by atoms with Gasteiger partial charge in [-0.05, 0) is 25.8 Å². The van der Waals surface area contributed by atoms with E-state index in [1.54, 1.807) is 0 Å². The molecule has 16 heavy (non-hydrogen) atoms. The molecule has 0 amide bonds. The number of likely N-dealkylation sites (tertiary alicyclic amines) is 1. The molecule has 0 aromatic carbocycles. The Morgan fingerprint density at radius 3 is 2.56 bits per heavy atom. The summed E-state index contributed by atoms with van der Waals surface area (Å²) in [4.78, 5) is 0.604. The molecule has 1 aliphatic rings. The zero-order chi connectivity index (χ0) is 12.2. The van der Waals surface area contributed by atoms with Crippen molar-refractivity contribution in [2.24, 2.45) is 0 Å². The zero-order valence-corrected chi connectivity index (χ0v) is 11.1. The van der Waals surface area contributed by atoms with Crippen LogP contribution in [0, 0.1) is 0 Å². The van der Waals surface area contributed by atoms with E-state index >= 15 is 0 Å². The van der Waals surface area contributed by atoms with Gasteiger partial charge in [-0.25, -0.2) is 0 Å². The maximum Gasteiger partial charge on any atom is 0.402 e. The first kappa shape index (κ1) is 14.3. The fraction of sp³-hybridized carbons (Fsp3) is 1.00. The van der Waals surface area contributed by atoms with Crippen molar-refractivity contribution in [3.8, 4) is 0 Å². The van der Waals surface area contributed by atoms with E-state index in [1.807, 2.05) is 4.90 Å². The van der Waals surface area contributed by atoms with E-state index in [-0.39, 0.29) is 6.54 Å². The van der Waals surface area contributed by atoms with Crippen molar-refractivity contribution in [1.29, 1.82) is 0 Å². The van der Waals surface area contributed by atoms with Gasteiger partial charge in [-0.15, -0.1) is 0 Å². The minimum absolute atomic E-state index is 0.0853. The van der Waals surface area contributed by atoms with Gasteiger partial charge in [0, 0.05) is 12.6 Å². The SMILES string of the molecule is CCC1CCCCCN1CC(Br)C(F)(F)F. The Balaban J connectivity index is 2.54. The Hall–Kier alpha value is 0.230. The van der Waals surface area contributed by atoms with E-state index < -0.39 is 11.0 Å². The van der Waals surface area contributed by atoms with E-state index in [0.29, 0.717) is 6.04 Å². The van der Waals surface area contributed by atoms with Crippen LogP contribution in [0.4, 0.5) is 13.2 Å². The zero-order valence-electron chi connectivity index (χ0n) is 9.56. The van der Waals surface area contributed by atoms with Gasteiger partial charge < -0.3 is 0 Å². The second-order valence-corrected chi connectivity index (χ2v) is 5.52. The number of nitrogens with zero attached hydrogens (tertiary/aromatic N) is 1. The summed E-state index contributed by atoms with van der Waals surface area (Å²) in [6.07, 6.45) is 1.16. The molecule has 1 aliphatic heterocycles. The average Bonchev–Trinajstić information content (AvgIpc) is 2.41. The van der Waals surface area contributed by atoms with Crippen LogP contribution in [0.15, 0.2) is 0 Å². The number of hydrogen-bond donors (Lipinski definition) is 0. The highest BCUT2D eigenvalue weighted by molar-refractivity contribution is 9.09. The highest BCUT2D eigenvalue weighted by atomic mass is 79.9. The Kier molecular flexibility index (Phi) is 5.57. The van der Waals surface area contributed by atoms with Crippen LogP contribution in [-0.2, 0) is 0 Å². The van der Waals surface area contributed by atoms with Crippen LogP contribution in [0.1, 0.15) is 39.0 Å². The second kappa shape index (κ2) is 6.24. The molecule has 1 saturated heterocycles. The first-order chi connectivity index (χ1) is 7.45. The molecule has 0 spiro atoms. The summed E-state index contributed by atoms with van der Waals surface area (Å²) < 4.78 is 37.4. The third-order valence-electron chi connectivity index (χ3n) is 3.22. The highest BCUT2D eigenvalue weighted by Gasteiger charge is 2.39. The predicted molar refractivity (Wildman–Crippen MR) is 62.9 cm³/mol. The molecule has 0 bridgehead atoms. The van der Waals surface area contributed by atoms with Crippen molar-refractivity contribution >= 4 is 15.9 Å². The summed E-state index contributed by atoms with van der Waals surface area (Å²) in [6, 6.07) is 0.324. The van der Waals surface area contributed by atoms with E-state index in [9.17, 15) is 13.2 Å². The van der Waals surface area contributed by atoms with Crippen molar-refractivity contribution in [3.63, 3.8) is 0 Å². The van der Waals surface area contributed by atoms with Gasteiger partial charge in [0.05, 0.1) is 0 Å². The van der Waals surface area contributed by atoms with E-state index in [4.69, 9.17) is 0 Å². The summed E-state index contributed by atoms with van der Waals surface area (Å²) in [7, 11) is 0. The number of alkyl halides is 4. The van der Waals surface area contributed by atoms with Crippen LogP contribution in [0.5, 0.6) is 0 Å². The monoisotopic (exact) mass is 301 g/mol. The van der Waals surface area contributed by atoms with Gasteiger partial charge in [-0.2, -0.15) is 13.2 Å². The number of halogens is 4. The van der Waals surface area contributed by atoms with Crippen molar-refractivity contribution in [1.82, 2.24) is 4.90 Å².